The molecule has 1 amide bonds. The minimum atomic E-state index is -1.28. The van der Waals surface area contributed by atoms with Gasteiger partial charge < -0.3 is 29.0 Å². The molecule has 4 aromatic rings. The van der Waals surface area contributed by atoms with Gasteiger partial charge in [0.1, 0.15) is 17.7 Å². The molecule has 1 fully saturated rings. The third kappa shape index (κ3) is 8.07. The van der Waals surface area contributed by atoms with Crippen LogP contribution in [-0.2, 0) is 30.2 Å². The zero-order valence-electron chi connectivity index (χ0n) is 27.2. The number of ether oxygens (including phenoxy) is 5. The van der Waals surface area contributed by atoms with Gasteiger partial charge in [-0.1, -0.05) is 54.6 Å². The predicted molar refractivity (Wildman–Crippen MR) is 176 cm³/mol. The van der Waals surface area contributed by atoms with E-state index in [0.717, 1.165) is 5.56 Å². The molecule has 9 nitrogen and oxygen atoms in total. The molecule has 4 atom stereocenters. The Hall–Kier alpha value is -5.06. The Balaban J connectivity index is 1.54. The summed E-state index contributed by atoms with van der Waals surface area (Å²) in [7, 11) is 3.02. The maximum absolute atomic E-state index is 14.3. The van der Waals surface area contributed by atoms with Crippen molar-refractivity contribution >= 4 is 17.8 Å². The summed E-state index contributed by atoms with van der Waals surface area (Å²) in [5.41, 5.74) is 1.51. The van der Waals surface area contributed by atoms with Crippen LogP contribution in [0.3, 0.4) is 0 Å². The molecule has 0 saturated carbocycles. The molecule has 250 valence electrons. The Morgan fingerprint density at radius 3 is 2.02 bits per heavy atom. The van der Waals surface area contributed by atoms with E-state index in [2.05, 4.69) is 5.32 Å². The maximum Gasteiger partial charge on any atom is 0.338 e. The summed E-state index contributed by atoms with van der Waals surface area (Å²) in [4.78, 5) is 38.9. The molecule has 1 aliphatic rings. The average Bonchev–Trinajstić information content (AvgIpc) is 3.09. The summed E-state index contributed by atoms with van der Waals surface area (Å²) >= 11 is 0. The second kappa shape index (κ2) is 15.2. The van der Waals surface area contributed by atoms with Crippen LogP contribution >= 0.6 is 0 Å². The quantitative estimate of drug-likeness (QED) is 0.192. The number of hydrogen-bond acceptors (Lipinski definition) is 8. The molecule has 0 aliphatic carbocycles. The Bertz CT molecular complexity index is 1730. The fourth-order valence-electron chi connectivity index (χ4n) is 5.73. The van der Waals surface area contributed by atoms with E-state index in [1.54, 1.807) is 112 Å². The lowest BCUT2D eigenvalue weighted by atomic mass is 9.89. The summed E-state index contributed by atoms with van der Waals surface area (Å²) < 4.78 is 45.1. The monoisotopic (exact) mass is 655 g/mol. The van der Waals surface area contributed by atoms with Crippen molar-refractivity contribution in [2.45, 2.75) is 56.9 Å². The van der Waals surface area contributed by atoms with Gasteiger partial charge in [0.15, 0.2) is 6.10 Å². The van der Waals surface area contributed by atoms with Gasteiger partial charge >= 0.3 is 11.9 Å². The minimum Gasteiger partial charge on any atom is -0.461 e. The van der Waals surface area contributed by atoms with E-state index >= 15 is 0 Å². The van der Waals surface area contributed by atoms with Crippen molar-refractivity contribution < 1.29 is 42.5 Å². The van der Waals surface area contributed by atoms with E-state index < -0.39 is 48.0 Å². The molecule has 0 spiro atoms. The number of aryl methyl sites for hydroxylation is 1. The number of hydrogen-bond donors (Lipinski definition) is 1. The van der Waals surface area contributed by atoms with Gasteiger partial charge in [0.2, 0.25) is 18.3 Å². The molecule has 5 rings (SSSR count). The van der Waals surface area contributed by atoms with Crippen LogP contribution in [0.1, 0.15) is 46.5 Å². The Morgan fingerprint density at radius 2 is 1.44 bits per heavy atom. The van der Waals surface area contributed by atoms with Crippen molar-refractivity contribution in [3.05, 3.63) is 126 Å². The number of rotatable bonds is 11. The van der Waals surface area contributed by atoms with Crippen LogP contribution in [0.15, 0.2) is 103 Å². The smallest absolute Gasteiger partial charge is 0.338 e. The molecule has 1 heterocycles. The summed E-state index contributed by atoms with van der Waals surface area (Å²) in [6.07, 6.45) is -3.96. The number of nitrogens with one attached hydrogen (secondary N) is 1. The first-order valence-corrected chi connectivity index (χ1v) is 15.6. The second-order valence-electron chi connectivity index (χ2n) is 11.8. The maximum atomic E-state index is 14.3. The molecular weight excluding hydrogens is 617 g/mol. The highest BCUT2D eigenvalue weighted by molar-refractivity contribution is 5.90. The number of esters is 2. The fraction of sp³-hybridized carbons (Fsp3) is 0.289. The van der Waals surface area contributed by atoms with Crippen molar-refractivity contribution in [2.24, 2.45) is 0 Å². The number of benzene rings is 4. The van der Waals surface area contributed by atoms with E-state index in [9.17, 15) is 18.8 Å². The molecule has 48 heavy (non-hydrogen) atoms. The first-order valence-electron chi connectivity index (χ1n) is 15.6. The van der Waals surface area contributed by atoms with Crippen molar-refractivity contribution in [2.75, 3.05) is 14.2 Å². The highest BCUT2D eigenvalue weighted by Gasteiger charge is 2.55. The highest BCUT2D eigenvalue weighted by atomic mass is 19.1. The van der Waals surface area contributed by atoms with Crippen LogP contribution in [0.25, 0.3) is 11.1 Å². The molecule has 0 radical (unpaired) electrons. The molecule has 10 heteroatoms. The van der Waals surface area contributed by atoms with Gasteiger partial charge in [0, 0.05) is 20.6 Å². The highest BCUT2D eigenvalue weighted by Crippen LogP contribution is 2.38. The molecule has 4 aromatic carbocycles. The Kier molecular flexibility index (Phi) is 10.9. The van der Waals surface area contributed by atoms with Crippen LogP contribution in [0.5, 0.6) is 5.75 Å². The molecule has 0 aromatic heterocycles. The van der Waals surface area contributed by atoms with Crippen molar-refractivity contribution in [3.63, 3.8) is 0 Å². The normalized spacial score (nSPS) is 19.9. The number of carbonyl (C=O) groups excluding carboxylic acids is 3. The standard InChI is InChI=1S/C38H38FNO8/c1-38(2)34(44-4)32(46-35(42)25-12-7-5-8-13-25)33(47-36(43)26-14-9-6-10-15-26)37(48-38)45-29-20-18-24(19-21-31(41)40-3)30(23-29)27-16-11-17-28(39)22-27/h5-18,20,22-23,32-34,37H,19,21H2,1-4H3,(H,40,41)/t32-,33+,34+,37?/m0/s1. The summed E-state index contributed by atoms with van der Waals surface area (Å²) in [5.74, 6) is -1.57. The van der Waals surface area contributed by atoms with E-state index in [1.165, 1.54) is 19.2 Å². The van der Waals surface area contributed by atoms with Crippen molar-refractivity contribution in [1.29, 1.82) is 0 Å². The van der Waals surface area contributed by atoms with Gasteiger partial charge in [-0.25, -0.2) is 14.0 Å². The summed E-state index contributed by atoms with van der Waals surface area (Å²) in [6, 6.07) is 28.1. The third-order valence-electron chi connectivity index (χ3n) is 8.12. The van der Waals surface area contributed by atoms with Gasteiger partial charge in [-0.3, -0.25) is 4.79 Å². The van der Waals surface area contributed by atoms with Crippen LogP contribution in [0, 0.1) is 5.82 Å². The summed E-state index contributed by atoms with van der Waals surface area (Å²) in [5, 5.41) is 2.62. The van der Waals surface area contributed by atoms with E-state index in [1.807, 2.05) is 0 Å². The molecule has 1 aliphatic heterocycles. The first-order chi connectivity index (χ1) is 23.1. The van der Waals surface area contributed by atoms with Gasteiger partial charge in [0.25, 0.3) is 0 Å². The zero-order valence-corrected chi connectivity index (χ0v) is 27.2. The topological polar surface area (TPSA) is 109 Å². The van der Waals surface area contributed by atoms with E-state index in [4.69, 9.17) is 23.7 Å². The number of carbonyl (C=O) groups is 3. The molecule has 1 N–H and O–H groups in total. The number of halogens is 1. The van der Waals surface area contributed by atoms with Crippen molar-refractivity contribution in [1.82, 2.24) is 5.32 Å². The lowest BCUT2D eigenvalue weighted by Gasteiger charge is -2.48. The number of amides is 1. The predicted octanol–water partition coefficient (Wildman–Crippen LogP) is 6.15. The van der Waals surface area contributed by atoms with E-state index in [-0.39, 0.29) is 17.9 Å². The van der Waals surface area contributed by atoms with Gasteiger partial charge in [-0.15, -0.1) is 0 Å². The minimum absolute atomic E-state index is 0.134. The third-order valence-corrected chi connectivity index (χ3v) is 8.12. The zero-order chi connectivity index (χ0) is 34.3. The van der Waals surface area contributed by atoms with Crippen LogP contribution in [-0.4, -0.2) is 62.2 Å². The van der Waals surface area contributed by atoms with Crippen molar-refractivity contribution in [3.8, 4) is 16.9 Å². The molecule has 1 unspecified atom stereocenters. The lowest BCUT2D eigenvalue weighted by molar-refractivity contribution is -0.304. The van der Waals surface area contributed by atoms with Crippen LogP contribution in [0.4, 0.5) is 4.39 Å². The van der Waals surface area contributed by atoms with Gasteiger partial charge in [-0.05, 0) is 85.5 Å². The van der Waals surface area contributed by atoms with E-state index in [0.29, 0.717) is 28.9 Å². The van der Waals surface area contributed by atoms with Crippen LogP contribution in [0.2, 0.25) is 0 Å². The molecular formula is C38H38FNO8. The first kappa shape index (κ1) is 34.3. The average molecular weight is 656 g/mol. The fourth-order valence-corrected chi connectivity index (χ4v) is 5.73. The van der Waals surface area contributed by atoms with Gasteiger partial charge in [-0.2, -0.15) is 0 Å². The second-order valence-corrected chi connectivity index (χ2v) is 11.8. The largest absolute Gasteiger partial charge is 0.461 e. The SMILES string of the molecule is CNC(=O)CCc1ccc(OC2OC(C)(C)[C@H](OC)[C@@H](OC(=O)c3ccccc3)[C@H]2OC(=O)c2ccccc2)cc1-c1cccc(F)c1. The Labute approximate surface area is 278 Å². The van der Waals surface area contributed by atoms with Crippen LogP contribution < -0.4 is 10.1 Å². The molecule has 1 saturated heterocycles. The molecule has 0 bridgehead atoms. The number of methoxy groups -OCH3 is 1. The van der Waals surface area contributed by atoms with Gasteiger partial charge in [0.05, 0.1) is 16.7 Å². The summed E-state index contributed by atoms with van der Waals surface area (Å²) in [6.45, 7) is 3.52. The Morgan fingerprint density at radius 1 is 0.812 bits per heavy atom. The lowest BCUT2D eigenvalue weighted by Crippen LogP contribution is -2.66.